The van der Waals surface area contributed by atoms with Crippen LogP contribution in [0, 0.1) is 5.82 Å². The van der Waals surface area contributed by atoms with E-state index in [1.807, 2.05) is 0 Å². The van der Waals surface area contributed by atoms with Gasteiger partial charge < -0.3 is 11.1 Å². The van der Waals surface area contributed by atoms with Crippen LogP contribution in [0.15, 0.2) is 18.2 Å². The predicted molar refractivity (Wildman–Crippen MR) is 60.0 cm³/mol. The molecule has 0 saturated carbocycles. The second-order valence-electron chi connectivity index (χ2n) is 2.59. The van der Waals surface area contributed by atoms with E-state index >= 15 is 0 Å². The Bertz CT molecular complexity index is 494. The van der Waals surface area contributed by atoms with Gasteiger partial charge in [-0.05, 0) is 24.4 Å². The molecule has 0 fully saturated rings. The van der Waals surface area contributed by atoms with Crippen molar-refractivity contribution in [3.8, 4) is 0 Å². The normalized spacial score (nSPS) is 10.4. The van der Waals surface area contributed by atoms with Crippen LogP contribution in [-0.2, 0) is 0 Å². The number of thiocarbonyl (C=S) groups is 1. The lowest BCUT2D eigenvalue weighted by Gasteiger charge is -1.94. The van der Waals surface area contributed by atoms with Crippen molar-refractivity contribution in [1.29, 1.82) is 0 Å². The first kappa shape index (κ1) is 9.29. The number of hydrogen-bond acceptors (Lipinski definition) is 3. The van der Waals surface area contributed by atoms with Gasteiger partial charge in [0.1, 0.15) is 11.3 Å². The molecule has 3 nitrogen and oxygen atoms in total. The van der Waals surface area contributed by atoms with Crippen LogP contribution >= 0.6 is 23.6 Å². The van der Waals surface area contributed by atoms with Gasteiger partial charge in [-0.3, -0.25) is 0 Å². The molecule has 0 atom stereocenters. The van der Waals surface area contributed by atoms with Crippen molar-refractivity contribution < 1.29 is 4.39 Å². The number of rotatable bonds is 1. The minimum Gasteiger partial charge on any atom is -0.376 e. The van der Waals surface area contributed by atoms with E-state index in [2.05, 4.69) is 22.5 Å². The minimum absolute atomic E-state index is 0.129. The van der Waals surface area contributed by atoms with Gasteiger partial charge in [0.25, 0.3) is 0 Å². The highest BCUT2D eigenvalue weighted by Crippen LogP contribution is 2.27. The van der Waals surface area contributed by atoms with Gasteiger partial charge in [-0.1, -0.05) is 17.4 Å². The van der Waals surface area contributed by atoms with E-state index in [9.17, 15) is 4.39 Å². The molecule has 2 aromatic rings. The van der Waals surface area contributed by atoms with Crippen LogP contribution in [0.2, 0.25) is 0 Å². The van der Waals surface area contributed by atoms with Crippen molar-refractivity contribution >= 4 is 44.0 Å². The van der Waals surface area contributed by atoms with Gasteiger partial charge in [0.05, 0.1) is 4.70 Å². The van der Waals surface area contributed by atoms with Crippen LogP contribution < -0.4 is 11.1 Å². The summed E-state index contributed by atoms with van der Waals surface area (Å²) in [5, 5.41) is 3.31. The van der Waals surface area contributed by atoms with Gasteiger partial charge in [-0.2, -0.15) is 0 Å². The third-order valence-electron chi connectivity index (χ3n) is 1.60. The molecule has 0 aliphatic heterocycles. The SMILES string of the molecule is NC(=S)Nc1nc2c(F)cccc2s1. The summed E-state index contributed by atoms with van der Waals surface area (Å²) in [5.41, 5.74) is 5.62. The molecule has 0 amide bonds. The third-order valence-corrected chi connectivity index (χ3v) is 2.64. The van der Waals surface area contributed by atoms with Crippen molar-refractivity contribution in [3.63, 3.8) is 0 Å². The van der Waals surface area contributed by atoms with E-state index in [1.165, 1.54) is 17.4 Å². The zero-order valence-electron chi connectivity index (χ0n) is 6.95. The van der Waals surface area contributed by atoms with E-state index in [-0.39, 0.29) is 10.9 Å². The van der Waals surface area contributed by atoms with Crippen LogP contribution in [0.1, 0.15) is 0 Å². The lowest BCUT2D eigenvalue weighted by atomic mass is 10.3. The molecule has 3 N–H and O–H groups in total. The Morgan fingerprint density at radius 2 is 2.36 bits per heavy atom. The van der Waals surface area contributed by atoms with E-state index in [0.717, 1.165) is 4.70 Å². The van der Waals surface area contributed by atoms with Gasteiger partial charge in [-0.15, -0.1) is 0 Å². The Morgan fingerprint density at radius 3 is 3.00 bits per heavy atom. The number of para-hydroxylation sites is 1. The molecule has 1 heterocycles. The zero-order chi connectivity index (χ0) is 10.1. The van der Waals surface area contributed by atoms with E-state index in [0.29, 0.717) is 10.6 Å². The quantitative estimate of drug-likeness (QED) is 0.732. The van der Waals surface area contributed by atoms with E-state index in [4.69, 9.17) is 5.73 Å². The van der Waals surface area contributed by atoms with Crippen molar-refractivity contribution in [2.45, 2.75) is 0 Å². The van der Waals surface area contributed by atoms with Gasteiger partial charge in [0, 0.05) is 0 Å². The smallest absolute Gasteiger partial charge is 0.190 e. The van der Waals surface area contributed by atoms with Crippen molar-refractivity contribution in [2.24, 2.45) is 5.73 Å². The molecule has 0 spiro atoms. The number of nitrogens with two attached hydrogens (primary N) is 1. The molecule has 1 aromatic carbocycles. The minimum atomic E-state index is -0.338. The van der Waals surface area contributed by atoms with Crippen LogP contribution in [0.3, 0.4) is 0 Å². The van der Waals surface area contributed by atoms with Gasteiger partial charge in [-0.25, -0.2) is 9.37 Å². The maximum absolute atomic E-state index is 13.2. The molecule has 14 heavy (non-hydrogen) atoms. The van der Waals surface area contributed by atoms with Crippen molar-refractivity contribution in [3.05, 3.63) is 24.0 Å². The first-order valence-electron chi connectivity index (χ1n) is 3.78. The molecule has 0 saturated heterocycles. The fraction of sp³-hybridized carbons (Fsp3) is 0. The highest BCUT2D eigenvalue weighted by Gasteiger charge is 2.07. The van der Waals surface area contributed by atoms with Crippen LogP contribution in [0.25, 0.3) is 10.2 Å². The summed E-state index contributed by atoms with van der Waals surface area (Å²) in [6.07, 6.45) is 0. The average Bonchev–Trinajstić information content (AvgIpc) is 2.47. The first-order valence-corrected chi connectivity index (χ1v) is 5.01. The molecular weight excluding hydrogens is 221 g/mol. The van der Waals surface area contributed by atoms with E-state index in [1.54, 1.807) is 12.1 Å². The standard InChI is InChI=1S/C8H6FN3S2/c9-4-2-1-3-5-6(4)11-8(14-5)12-7(10)13/h1-3H,(H3,10,11,12,13). The Balaban J connectivity index is 2.51. The van der Waals surface area contributed by atoms with Gasteiger partial charge in [0.15, 0.2) is 10.2 Å². The monoisotopic (exact) mass is 227 g/mol. The number of halogens is 1. The third kappa shape index (κ3) is 1.66. The molecule has 1 aromatic heterocycles. The van der Waals surface area contributed by atoms with E-state index < -0.39 is 0 Å². The Morgan fingerprint density at radius 1 is 1.57 bits per heavy atom. The number of thiazole rings is 1. The lowest BCUT2D eigenvalue weighted by molar-refractivity contribution is 0.637. The first-order chi connectivity index (χ1) is 6.66. The molecule has 0 aliphatic rings. The van der Waals surface area contributed by atoms with Crippen molar-refractivity contribution in [1.82, 2.24) is 4.98 Å². The zero-order valence-corrected chi connectivity index (χ0v) is 8.58. The summed E-state index contributed by atoms with van der Waals surface area (Å²) in [6, 6.07) is 4.80. The van der Waals surface area contributed by atoms with Gasteiger partial charge >= 0.3 is 0 Å². The molecule has 0 radical (unpaired) electrons. The topological polar surface area (TPSA) is 50.9 Å². The summed E-state index contributed by atoms with van der Waals surface area (Å²) in [5.74, 6) is -0.338. The molecule has 2 rings (SSSR count). The molecule has 0 unspecified atom stereocenters. The molecule has 0 aliphatic carbocycles. The largest absolute Gasteiger partial charge is 0.376 e. The highest BCUT2D eigenvalue weighted by molar-refractivity contribution is 7.80. The average molecular weight is 227 g/mol. The Hall–Kier alpha value is -1.27. The predicted octanol–water partition coefficient (Wildman–Crippen LogP) is 2.09. The molecular formula is C8H6FN3S2. The fourth-order valence-corrected chi connectivity index (χ4v) is 2.13. The summed E-state index contributed by atoms with van der Waals surface area (Å²) >= 11 is 5.96. The van der Waals surface area contributed by atoms with Crippen molar-refractivity contribution in [2.75, 3.05) is 5.32 Å². The Labute approximate surface area is 88.8 Å². The second kappa shape index (κ2) is 3.47. The van der Waals surface area contributed by atoms with Crippen LogP contribution in [0.5, 0.6) is 0 Å². The second-order valence-corrected chi connectivity index (χ2v) is 4.07. The summed E-state index contributed by atoms with van der Waals surface area (Å²) in [6.45, 7) is 0. The maximum Gasteiger partial charge on any atom is 0.190 e. The number of fused-ring (bicyclic) bond motifs is 1. The van der Waals surface area contributed by atoms with Gasteiger partial charge in [0.2, 0.25) is 0 Å². The summed E-state index contributed by atoms with van der Waals surface area (Å²) in [4.78, 5) is 4.02. The maximum atomic E-state index is 13.2. The number of benzene rings is 1. The number of nitrogens with zero attached hydrogens (tertiary/aromatic N) is 1. The summed E-state index contributed by atoms with van der Waals surface area (Å²) in [7, 11) is 0. The number of aromatic nitrogens is 1. The fourth-order valence-electron chi connectivity index (χ4n) is 1.07. The van der Waals surface area contributed by atoms with Crippen LogP contribution in [-0.4, -0.2) is 10.1 Å². The highest BCUT2D eigenvalue weighted by atomic mass is 32.1. The Kier molecular flexibility index (Phi) is 2.30. The molecule has 0 bridgehead atoms. The molecule has 6 heteroatoms. The summed E-state index contributed by atoms with van der Waals surface area (Å²) < 4.78 is 14.0. The molecule has 72 valence electrons. The number of nitrogens with one attached hydrogen (secondary N) is 1. The lowest BCUT2D eigenvalue weighted by Crippen LogP contribution is -2.18. The number of hydrogen-bond donors (Lipinski definition) is 2. The van der Waals surface area contributed by atoms with Crippen LogP contribution in [0.4, 0.5) is 9.52 Å². The number of anilines is 1.